The Morgan fingerprint density at radius 1 is 1.62 bits per heavy atom. The van der Waals surface area contributed by atoms with Crippen molar-refractivity contribution >= 4 is 21.9 Å². The number of halogens is 1. The number of rotatable bonds is 1. The van der Waals surface area contributed by atoms with Crippen molar-refractivity contribution in [1.82, 2.24) is 0 Å². The molecule has 1 aromatic carbocycles. The van der Waals surface area contributed by atoms with Crippen LogP contribution in [-0.4, -0.2) is 13.1 Å². The Balaban J connectivity index is 3.15. The largest absolute Gasteiger partial charge is 0.465 e. The fourth-order valence-corrected chi connectivity index (χ4v) is 1.24. The molecule has 3 heteroatoms. The first-order chi connectivity index (χ1) is 6.19. The van der Waals surface area contributed by atoms with Gasteiger partial charge in [-0.2, -0.15) is 0 Å². The van der Waals surface area contributed by atoms with Gasteiger partial charge in [-0.25, -0.2) is 4.79 Å². The Morgan fingerprint density at radius 2 is 2.31 bits per heavy atom. The summed E-state index contributed by atoms with van der Waals surface area (Å²) in [6.07, 6.45) is 5.23. The molecule has 1 aromatic rings. The Bertz CT molecular complexity index is 377. The van der Waals surface area contributed by atoms with Crippen molar-refractivity contribution in [2.75, 3.05) is 7.11 Å². The summed E-state index contributed by atoms with van der Waals surface area (Å²) in [6.45, 7) is 0. The molecule has 0 aromatic heterocycles. The van der Waals surface area contributed by atoms with Crippen molar-refractivity contribution in [1.29, 1.82) is 0 Å². The molecule has 0 unspecified atom stereocenters. The second-order valence-electron chi connectivity index (χ2n) is 2.33. The lowest BCUT2D eigenvalue weighted by atomic mass is 10.1. The predicted molar refractivity (Wildman–Crippen MR) is 53.4 cm³/mol. The first kappa shape index (κ1) is 9.82. The molecule has 1 rings (SSSR count). The van der Waals surface area contributed by atoms with Crippen molar-refractivity contribution in [3.05, 3.63) is 33.8 Å². The van der Waals surface area contributed by atoms with Gasteiger partial charge in [-0.1, -0.05) is 5.92 Å². The lowest BCUT2D eigenvalue weighted by molar-refractivity contribution is 0.0600. The number of carbonyl (C=O) groups excluding carboxylic acids is 1. The Kier molecular flexibility index (Phi) is 3.10. The highest BCUT2D eigenvalue weighted by atomic mass is 79.9. The van der Waals surface area contributed by atoms with Crippen molar-refractivity contribution < 1.29 is 9.53 Å². The average Bonchev–Trinajstić information content (AvgIpc) is 2.17. The second-order valence-corrected chi connectivity index (χ2v) is 3.18. The minimum atomic E-state index is -0.385. The van der Waals surface area contributed by atoms with Gasteiger partial charge >= 0.3 is 5.97 Å². The fourth-order valence-electron chi connectivity index (χ4n) is 0.881. The van der Waals surface area contributed by atoms with Crippen LogP contribution in [-0.2, 0) is 4.74 Å². The van der Waals surface area contributed by atoms with Crippen LogP contribution in [0.2, 0.25) is 0 Å². The zero-order chi connectivity index (χ0) is 9.84. The van der Waals surface area contributed by atoms with Gasteiger partial charge < -0.3 is 4.74 Å². The van der Waals surface area contributed by atoms with Crippen molar-refractivity contribution in [2.24, 2.45) is 0 Å². The van der Waals surface area contributed by atoms with Crippen molar-refractivity contribution in [3.63, 3.8) is 0 Å². The van der Waals surface area contributed by atoms with E-state index in [4.69, 9.17) is 6.42 Å². The maximum atomic E-state index is 11.1. The van der Waals surface area contributed by atoms with Crippen LogP contribution >= 0.6 is 15.9 Å². The third kappa shape index (κ3) is 2.10. The molecule has 0 aliphatic carbocycles. The SMILES string of the molecule is C#Cc1cc(C(=O)OC)ccc1Br. The molecule has 66 valence electrons. The van der Waals surface area contributed by atoms with Crippen molar-refractivity contribution in [2.45, 2.75) is 0 Å². The zero-order valence-electron chi connectivity index (χ0n) is 7.00. The lowest BCUT2D eigenvalue weighted by Crippen LogP contribution is -2.01. The molecule has 2 nitrogen and oxygen atoms in total. The topological polar surface area (TPSA) is 26.3 Å². The minimum Gasteiger partial charge on any atom is -0.465 e. The number of esters is 1. The number of hydrogen-bond donors (Lipinski definition) is 0. The molecular weight excluding hydrogens is 232 g/mol. The molecule has 0 N–H and O–H groups in total. The van der Waals surface area contributed by atoms with Gasteiger partial charge in [-0.15, -0.1) is 6.42 Å². The predicted octanol–water partition coefficient (Wildman–Crippen LogP) is 2.22. The van der Waals surface area contributed by atoms with E-state index in [0.29, 0.717) is 11.1 Å². The average molecular weight is 239 g/mol. The summed E-state index contributed by atoms with van der Waals surface area (Å²) in [6, 6.07) is 4.98. The molecule has 0 spiro atoms. The number of benzene rings is 1. The Morgan fingerprint density at radius 3 is 2.85 bits per heavy atom. The third-order valence-electron chi connectivity index (χ3n) is 1.54. The van der Waals surface area contributed by atoms with Gasteiger partial charge in [0, 0.05) is 10.0 Å². The molecule has 0 saturated carbocycles. The zero-order valence-corrected chi connectivity index (χ0v) is 8.59. The van der Waals surface area contributed by atoms with E-state index in [2.05, 4.69) is 26.6 Å². The highest BCUT2D eigenvalue weighted by molar-refractivity contribution is 9.10. The highest BCUT2D eigenvalue weighted by Gasteiger charge is 2.06. The van der Waals surface area contributed by atoms with Crippen LogP contribution in [0.3, 0.4) is 0 Å². The summed E-state index contributed by atoms with van der Waals surface area (Å²) >= 11 is 3.27. The molecule has 0 fully saturated rings. The molecule has 13 heavy (non-hydrogen) atoms. The van der Waals surface area contributed by atoms with Gasteiger partial charge in [0.1, 0.15) is 0 Å². The van der Waals surface area contributed by atoms with Gasteiger partial charge in [0.25, 0.3) is 0 Å². The van der Waals surface area contributed by atoms with Gasteiger partial charge in [0.2, 0.25) is 0 Å². The van der Waals surface area contributed by atoms with Gasteiger partial charge in [-0.05, 0) is 34.1 Å². The number of carbonyl (C=O) groups is 1. The van der Waals surface area contributed by atoms with Crippen molar-refractivity contribution in [3.8, 4) is 12.3 Å². The maximum absolute atomic E-state index is 11.1. The summed E-state index contributed by atoms with van der Waals surface area (Å²) in [5, 5.41) is 0. The summed E-state index contributed by atoms with van der Waals surface area (Å²) < 4.78 is 5.35. The first-order valence-electron chi connectivity index (χ1n) is 3.53. The molecule has 0 heterocycles. The molecule has 0 amide bonds. The van der Waals surface area contributed by atoms with E-state index in [9.17, 15) is 4.79 Å². The molecule has 0 atom stereocenters. The first-order valence-corrected chi connectivity index (χ1v) is 4.33. The van der Waals surface area contributed by atoms with Crippen LogP contribution in [0.15, 0.2) is 22.7 Å². The molecular formula is C10H7BrO2. The third-order valence-corrected chi connectivity index (χ3v) is 2.23. The quantitative estimate of drug-likeness (QED) is 0.554. The minimum absolute atomic E-state index is 0.385. The standard InChI is InChI=1S/C10H7BrO2/c1-3-7-6-8(10(12)13-2)4-5-9(7)11/h1,4-6H,2H3. The van der Waals surface area contributed by atoms with E-state index >= 15 is 0 Å². The molecule has 0 radical (unpaired) electrons. The summed E-state index contributed by atoms with van der Waals surface area (Å²) in [4.78, 5) is 11.1. The van der Waals surface area contributed by atoms with Crippen LogP contribution in [0.25, 0.3) is 0 Å². The molecule has 0 aliphatic heterocycles. The van der Waals surface area contributed by atoms with Gasteiger partial charge in [0.15, 0.2) is 0 Å². The number of methoxy groups -OCH3 is 1. The molecule has 0 saturated heterocycles. The number of hydrogen-bond acceptors (Lipinski definition) is 2. The second kappa shape index (κ2) is 4.11. The van der Waals surface area contributed by atoms with Crippen LogP contribution in [0.4, 0.5) is 0 Å². The fraction of sp³-hybridized carbons (Fsp3) is 0.100. The van der Waals surface area contributed by atoms with E-state index in [0.717, 1.165) is 4.47 Å². The van der Waals surface area contributed by atoms with Gasteiger partial charge in [0.05, 0.1) is 12.7 Å². The Hall–Kier alpha value is -1.27. The van der Waals surface area contributed by atoms with Crippen LogP contribution in [0.1, 0.15) is 15.9 Å². The van der Waals surface area contributed by atoms with E-state index in [-0.39, 0.29) is 5.97 Å². The number of terminal acetylenes is 1. The highest BCUT2D eigenvalue weighted by Crippen LogP contribution is 2.17. The normalized spacial score (nSPS) is 9.00. The summed E-state index contributed by atoms with van der Waals surface area (Å²) in [5.41, 5.74) is 1.10. The van der Waals surface area contributed by atoms with E-state index < -0.39 is 0 Å². The lowest BCUT2D eigenvalue weighted by Gasteiger charge is -2.00. The summed E-state index contributed by atoms with van der Waals surface area (Å²) in [5.74, 6) is 2.07. The van der Waals surface area contributed by atoms with E-state index in [1.165, 1.54) is 7.11 Å². The number of ether oxygens (including phenoxy) is 1. The smallest absolute Gasteiger partial charge is 0.337 e. The van der Waals surface area contributed by atoms with Crippen LogP contribution in [0, 0.1) is 12.3 Å². The van der Waals surface area contributed by atoms with Gasteiger partial charge in [-0.3, -0.25) is 0 Å². The summed E-state index contributed by atoms with van der Waals surface area (Å²) in [7, 11) is 1.33. The monoisotopic (exact) mass is 238 g/mol. The molecule has 0 bridgehead atoms. The maximum Gasteiger partial charge on any atom is 0.337 e. The van der Waals surface area contributed by atoms with E-state index in [1.54, 1.807) is 18.2 Å². The Labute approximate surface area is 85.0 Å². The molecule has 0 aliphatic rings. The van der Waals surface area contributed by atoms with E-state index in [1.807, 2.05) is 0 Å². The van der Waals surface area contributed by atoms with Crippen LogP contribution in [0.5, 0.6) is 0 Å². The van der Waals surface area contributed by atoms with Crippen LogP contribution < -0.4 is 0 Å².